The maximum Gasteiger partial charge on any atom is 0.269 e. The predicted octanol–water partition coefficient (Wildman–Crippen LogP) is 3.03. The minimum Gasteiger partial charge on any atom is -0.326 e. The molecule has 0 radical (unpaired) electrons. The van der Waals surface area contributed by atoms with Crippen LogP contribution in [0.2, 0.25) is 5.02 Å². The molecule has 0 unspecified atom stereocenters. The number of carbonyl (C=O) groups excluding carboxylic acids is 2. The van der Waals surface area contributed by atoms with E-state index in [1.165, 1.54) is 28.9 Å². The van der Waals surface area contributed by atoms with Gasteiger partial charge in [-0.25, -0.2) is 4.68 Å². The number of aromatic nitrogens is 3. The molecule has 0 saturated carbocycles. The van der Waals surface area contributed by atoms with Crippen molar-refractivity contribution >= 4 is 40.7 Å². The first-order chi connectivity index (χ1) is 13.9. The van der Waals surface area contributed by atoms with Crippen molar-refractivity contribution in [2.45, 2.75) is 12.5 Å². The summed E-state index contributed by atoms with van der Waals surface area (Å²) in [5.74, 6) is -0.164. The van der Waals surface area contributed by atoms with Crippen molar-refractivity contribution < 1.29 is 14.5 Å². The molecule has 1 aliphatic rings. The van der Waals surface area contributed by atoms with Crippen molar-refractivity contribution in [3.63, 3.8) is 0 Å². The lowest BCUT2D eigenvalue weighted by molar-refractivity contribution is -0.384. The first-order valence-electron chi connectivity index (χ1n) is 8.48. The second kappa shape index (κ2) is 7.32. The summed E-state index contributed by atoms with van der Waals surface area (Å²) in [6, 6.07) is 11.5. The van der Waals surface area contributed by atoms with Gasteiger partial charge in [-0.2, -0.15) is 4.98 Å². The summed E-state index contributed by atoms with van der Waals surface area (Å²) in [6.07, 6.45) is -0.167. The average Bonchev–Trinajstić information content (AvgIpc) is 3.21. The summed E-state index contributed by atoms with van der Waals surface area (Å²) in [5.41, 5.74) is 1.03. The number of non-ortho nitro benzene ring substituents is 1. The summed E-state index contributed by atoms with van der Waals surface area (Å²) >= 11 is 5.88. The number of hydrogen-bond donors (Lipinski definition) is 2. The normalized spacial score (nSPS) is 14.9. The first-order valence-corrected chi connectivity index (χ1v) is 8.86. The van der Waals surface area contributed by atoms with Crippen LogP contribution in [0.25, 0.3) is 11.4 Å². The SMILES string of the molecule is O=C(C[C@@H]1C(=O)Nc2nc(-c3ccc(Cl)cc3)nn21)Nc1ccc([N+](=O)[O-])cc1. The third-order valence-electron chi connectivity index (χ3n) is 4.31. The van der Waals surface area contributed by atoms with Gasteiger partial charge >= 0.3 is 0 Å². The molecule has 0 fully saturated rings. The second-order valence-electron chi connectivity index (χ2n) is 6.27. The van der Waals surface area contributed by atoms with Gasteiger partial charge < -0.3 is 5.32 Å². The molecule has 3 aromatic rings. The van der Waals surface area contributed by atoms with Crippen LogP contribution in [-0.4, -0.2) is 31.5 Å². The lowest BCUT2D eigenvalue weighted by atomic mass is 10.2. The van der Waals surface area contributed by atoms with Crippen LogP contribution in [0.4, 0.5) is 17.3 Å². The molecule has 2 amide bonds. The van der Waals surface area contributed by atoms with Gasteiger partial charge in [-0.05, 0) is 36.4 Å². The Morgan fingerprint density at radius 3 is 2.55 bits per heavy atom. The van der Waals surface area contributed by atoms with E-state index in [1.54, 1.807) is 24.3 Å². The van der Waals surface area contributed by atoms with Gasteiger partial charge in [0.1, 0.15) is 6.04 Å². The van der Waals surface area contributed by atoms with Crippen LogP contribution in [0.15, 0.2) is 48.5 Å². The number of anilines is 2. The highest BCUT2D eigenvalue weighted by molar-refractivity contribution is 6.30. The number of nitrogens with one attached hydrogen (secondary N) is 2. The monoisotopic (exact) mass is 412 g/mol. The quantitative estimate of drug-likeness (QED) is 0.489. The van der Waals surface area contributed by atoms with Crippen LogP contribution in [-0.2, 0) is 9.59 Å². The van der Waals surface area contributed by atoms with Crippen molar-refractivity contribution in [1.29, 1.82) is 0 Å². The number of benzene rings is 2. The molecule has 11 heteroatoms. The lowest BCUT2D eigenvalue weighted by Gasteiger charge is -2.09. The van der Waals surface area contributed by atoms with Gasteiger partial charge in [0.05, 0.1) is 11.3 Å². The fraction of sp³-hybridized carbons (Fsp3) is 0.111. The molecule has 10 nitrogen and oxygen atoms in total. The highest BCUT2D eigenvalue weighted by Crippen LogP contribution is 2.29. The lowest BCUT2D eigenvalue weighted by Crippen LogP contribution is -2.23. The number of nitro benzene ring substituents is 1. The van der Waals surface area contributed by atoms with Crippen molar-refractivity contribution in [3.05, 3.63) is 63.7 Å². The van der Waals surface area contributed by atoms with Crippen molar-refractivity contribution in [1.82, 2.24) is 14.8 Å². The number of nitro groups is 1. The number of amides is 2. The minimum atomic E-state index is -0.850. The predicted molar refractivity (Wildman–Crippen MR) is 104 cm³/mol. The zero-order valence-corrected chi connectivity index (χ0v) is 15.5. The molecule has 0 bridgehead atoms. The molecule has 146 valence electrons. The highest BCUT2D eigenvalue weighted by Gasteiger charge is 2.35. The van der Waals surface area contributed by atoms with Crippen LogP contribution in [0, 0.1) is 10.1 Å². The van der Waals surface area contributed by atoms with E-state index in [0.29, 0.717) is 16.5 Å². The van der Waals surface area contributed by atoms with Gasteiger partial charge in [-0.3, -0.25) is 25.0 Å². The Bertz CT molecular complexity index is 1110. The van der Waals surface area contributed by atoms with E-state index < -0.39 is 16.9 Å². The molecule has 1 aromatic heterocycles. The molecule has 2 aromatic carbocycles. The van der Waals surface area contributed by atoms with Crippen LogP contribution >= 0.6 is 11.6 Å². The molecule has 0 saturated heterocycles. The maximum atomic E-state index is 12.4. The van der Waals surface area contributed by atoms with Crippen LogP contribution in [0.3, 0.4) is 0 Å². The number of halogens is 1. The molecule has 4 rings (SSSR count). The van der Waals surface area contributed by atoms with Gasteiger partial charge in [0.2, 0.25) is 11.9 Å². The largest absolute Gasteiger partial charge is 0.326 e. The standard InChI is InChI=1S/C18H13ClN6O4/c19-11-3-1-10(2-4-11)16-21-18-22-17(27)14(24(18)23-16)9-15(26)20-12-5-7-13(8-6-12)25(28)29/h1-8,14H,9H2,(H,20,26)(H,21,22,23,27)/t14-/m1/s1. The van der Waals surface area contributed by atoms with E-state index in [1.807, 2.05) is 0 Å². The molecule has 2 N–H and O–H groups in total. The second-order valence-corrected chi connectivity index (χ2v) is 6.71. The molecule has 1 aliphatic heterocycles. The van der Waals surface area contributed by atoms with Crippen molar-refractivity contribution in [2.75, 3.05) is 10.6 Å². The third-order valence-corrected chi connectivity index (χ3v) is 4.56. The Kier molecular flexibility index (Phi) is 4.69. The van der Waals surface area contributed by atoms with E-state index in [4.69, 9.17) is 11.6 Å². The number of hydrogen-bond acceptors (Lipinski definition) is 6. The highest BCUT2D eigenvalue weighted by atomic mass is 35.5. The Balaban J connectivity index is 1.48. The van der Waals surface area contributed by atoms with Gasteiger partial charge in [0, 0.05) is 28.4 Å². The first kappa shape index (κ1) is 18.6. The third kappa shape index (κ3) is 3.78. The van der Waals surface area contributed by atoms with E-state index >= 15 is 0 Å². The van der Waals surface area contributed by atoms with Gasteiger partial charge in [-0.15, -0.1) is 5.10 Å². The molecular formula is C18H13ClN6O4. The van der Waals surface area contributed by atoms with Crippen LogP contribution in [0.5, 0.6) is 0 Å². The zero-order chi connectivity index (χ0) is 20.5. The summed E-state index contributed by atoms with van der Waals surface area (Å²) in [6.45, 7) is 0. The average molecular weight is 413 g/mol. The Morgan fingerprint density at radius 2 is 1.90 bits per heavy atom. The number of fused-ring (bicyclic) bond motifs is 1. The molecule has 29 heavy (non-hydrogen) atoms. The smallest absolute Gasteiger partial charge is 0.269 e. The minimum absolute atomic E-state index is 0.0832. The fourth-order valence-electron chi connectivity index (χ4n) is 2.88. The maximum absolute atomic E-state index is 12.4. The van der Waals surface area contributed by atoms with E-state index in [9.17, 15) is 19.7 Å². The topological polar surface area (TPSA) is 132 Å². The molecule has 1 atom stereocenters. The van der Waals surface area contributed by atoms with Crippen LogP contribution in [0.1, 0.15) is 12.5 Å². The Labute approximate surface area is 168 Å². The summed E-state index contributed by atoms with van der Waals surface area (Å²) in [5, 5.41) is 20.8. The van der Waals surface area contributed by atoms with Crippen molar-refractivity contribution in [2.24, 2.45) is 0 Å². The summed E-state index contributed by atoms with van der Waals surface area (Å²) in [4.78, 5) is 39.0. The number of rotatable bonds is 5. The summed E-state index contributed by atoms with van der Waals surface area (Å²) < 4.78 is 1.38. The zero-order valence-electron chi connectivity index (χ0n) is 14.7. The van der Waals surface area contributed by atoms with Crippen LogP contribution < -0.4 is 10.6 Å². The molecule has 0 aliphatic carbocycles. The Hall–Kier alpha value is -3.79. The van der Waals surface area contributed by atoms with Gasteiger partial charge in [0.15, 0.2) is 5.82 Å². The number of carbonyl (C=O) groups is 2. The van der Waals surface area contributed by atoms with E-state index in [2.05, 4.69) is 20.7 Å². The Morgan fingerprint density at radius 1 is 1.21 bits per heavy atom. The van der Waals surface area contributed by atoms with Gasteiger partial charge in [-0.1, -0.05) is 11.6 Å². The molecular weight excluding hydrogens is 400 g/mol. The number of nitrogens with zero attached hydrogens (tertiary/aromatic N) is 4. The fourth-order valence-corrected chi connectivity index (χ4v) is 3.01. The van der Waals surface area contributed by atoms with E-state index in [-0.39, 0.29) is 24.0 Å². The molecule has 0 spiro atoms. The summed E-state index contributed by atoms with van der Waals surface area (Å²) in [7, 11) is 0. The molecule has 2 heterocycles. The van der Waals surface area contributed by atoms with Crippen molar-refractivity contribution in [3.8, 4) is 11.4 Å². The van der Waals surface area contributed by atoms with Gasteiger partial charge in [0.25, 0.3) is 11.6 Å². The van der Waals surface area contributed by atoms with E-state index in [0.717, 1.165) is 5.56 Å².